The second-order valence-electron chi connectivity index (χ2n) is 7.76. The van der Waals surface area contributed by atoms with Crippen LogP contribution in [0.15, 0.2) is 72.8 Å². The van der Waals surface area contributed by atoms with Gasteiger partial charge in [-0.2, -0.15) is 0 Å². The molecule has 5 nitrogen and oxygen atoms in total. The second kappa shape index (κ2) is 8.99. The van der Waals surface area contributed by atoms with Crippen LogP contribution >= 0.6 is 0 Å². The summed E-state index contributed by atoms with van der Waals surface area (Å²) >= 11 is 0. The van der Waals surface area contributed by atoms with E-state index in [1.54, 1.807) is 6.92 Å². The Kier molecular flexibility index (Phi) is 6.40. The normalized spacial score (nSPS) is 11.0. The zero-order valence-electron chi connectivity index (χ0n) is 18.5. The molecule has 0 bridgehead atoms. The van der Waals surface area contributed by atoms with Crippen molar-refractivity contribution in [1.82, 2.24) is 0 Å². The fourth-order valence-electron chi connectivity index (χ4n) is 2.94. The van der Waals surface area contributed by atoms with Crippen molar-refractivity contribution in [1.29, 1.82) is 0 Å². The monoisotopic (exact) mass is 406 g/mol. The number of hydrogen-bond donors (Lipinski definition) is 0. The van der Waals surface area contributed by atoms with Crippen LogP contribution in [0.2, 0.25) is 0 Å². The highest BCUT2D eigenvalue weighted by Crippen LogP contribution is 2.29. The van der Waals surface area contributed by atoms with Crippen molar-refractivity contribution in [2.45, 2.75) is 19.8 Å². The number of nitrogens with zero attached hydrogens (tertiary/aromatic N) is 2. The first-order valence-electron chi connectivity index (χ1n) is 9.92. The van der Waals surface area contributed by atoms with Crippen LogP contribution in [0.5, 0.6) is 17.2 Å². The predicted octanol–water partition coefficient (Wildman–Crippen LogP) is 5.34. The SMILES string of the molecule is Cc1ccc(OC(C)(Oc2ccc(N(C)C)cc2)Oc2ccc(N(C)C)cc2)cc1. The second-order valence-corrected chi connectivity index (χ2v) is 7.76. The number of benzene rings is 3. The summed E-state index contributed by atoms with van der Waals surface area (Å²) in [6.07, 6.45) is 0. The first-order valence-corrected chi connectivity index (χ1v) is 9.92. The molecular formula is C25H30N2O3. The van der Waals surface area contributed by atoms with Gasteiger partial charge in [0.05, 0.1) is 6.92 Å². The number of ether oxygens (including phenoxy) is 3. The van der Waals surface area contributed by atoms with Gasteiger partial charge in [0, 0.05) is 39.6 Å². The van der Waals surface area contributed by atoms with Crippen LogP contribution in [-0.2, 0) is 0 Å². The molecule has 0 atom stereocenters. The Hall–Kier alpha value is -3.34. The lowest BCUT2D eigenvalue weighted by Gasteiger charge is -2.31. The third kappa shape index (κ3) is 5.60. The Balaban J connectivity index is 1.85. The molecular weight excluding hydrogens is 376 g/mol. The molecule has 0 amide bonds. The molecule has 0 saturated carbocycles. The lowest BCUT2D eigenvalue weighted by atomic mass is 10.2. The Bertz CT molecular complexity index is 880. The van der Waals surface area contributed by atoms with Gasteiger partial charge in [-0.3, -0.25) is 0 Å². The van der Waals surface area contributed by atoms with E-state index >= 15 is 0 Å². The van der Waals surface area contributed by atoms with Gasteiger partial charge >= 0.3 is 5.97 Å². The maximum Gasteiger partial charge on any atom is 0.414 e. The molecule has 0 N–H and O–H groups in total. The minimum atomic E-state index is -1.35. The minimum absolute atomic E-state index is 0.653. The van der Waals surface area contributed by atoms with Crippen LogP contribution in [-0.4, -0.2) is 34.2 Å². The highest BCUT2D eigenvalue weighted by Gasteiger charge is 2.32. The van der Waals surface area contributed by atoms with Crippen LogP contribution in [0, 0.1) is 6.92 Å². The molecule has 0 unspecified atom stereocenters. The van der Waals surface area contributed by atoms with Crippen molar-refractivity contribution >= 4 is 11.4 Å². The van der Waals surface area contributed by atoms with E-state index in [-0.39, 0.29) is 0 Å². The van der Waals surface area contributed by atoms with E-state index in [2.05, 4.69) is 0 Å². The molecule has 3 rings (SSSR count). The molecule has 0 aliphatic carbocycles. The van der Waals surface area contributed by atoms with E-state index in [1.807, 2.05) is 118 Å². The molecule has 30 heavy (non-hydrogen) atoms. The highest BCUT2D eigenvalue weighted by molar-refractivity contribution is 5.48. The molecule has 0 saturated heterocycles. The van der Waals surface area contributed by atoms with E-state index in [4.69, 9.17) is 14.2 Å². The summed E-state index contributed by atoms with van der Waals surface area (Å²) in [5.41, 5.74) is 3.33. The lowest BCUT2D eigenvalue weighted by molar-refractivity contribution is -0.238. The molecule has 0 aromatic heterocycles. The predicted molar refractivity (Wildman–Crippen MR) is 123 cm³/mol. The van der Waals surface area contributed by atoms with E-state index < -0.39 is 5.97 Å². The molecule has 0 aliphatic heterocycles. The smallest absolute Gasteiger partial charge is 0.414 e. The largest absolute Gasteiger partial charge is 0.421 e. The van der Waals surface area contributed by atoms with E-state index in [1.165, 1.54) is 0 Å². The summed E-state index contributed by atoms with van der Waals surface area (Å²) in [5, 5.41) is 0. The minimum Gasteiger partial charge on any atom is -0.421 e. The summed E-state index contributed by atoms with van der Waals surface area (Å²) < 4.78 is 18.5. The average Bonchev–Trinajstić information content (AvgIpc) is 2.70. The number of aryl methyl sites for hydroxylation is 1. The fourth-order valence-corrected chi connectivity index (χ4v) is 2.94. The van der Waals surface area contributed by atoms with Gasteiger partial charge in [-0.25, -0.2) is 0 Å². The first kappa shape index (κ1) is 21.4. The fraction of sp³-hybridized carbons (Fsp3) is 0.280. The van der Waals surface area contributed by atoms with Gasteiger partial charge < -0.3 is 24.0 Å². The van der Waals surface area contributed by atoms with Crippen molar-refractivity contribution in [2.24, 2.45) is 0 Å². The van der Waals surface area contributed by atoms with Crippen LogP contribution in [0.3, 0.4) is 0 Å². The van der Waals surface area contributed by atoms with Gasteiger partial charge in [0.25, 0.3) is 0 Å². The zero-order valence-corrected chi connectivity index (χ0v) is 18.5. The van der Waals surface area contributed by atoms with Crippen LogP contribution < -0.4 is 24.0 Å². The molecule has 0 radical (unpaired) electrons. The van der Waals surface area contributed by atoms with Gasteiger partial charge in [-0.15, -0.1) is 0 Å². The molecule has 0 fully saturated rings. The van der Waals surface area contributed by atoms with Crippen LogP contribution in [0.25, 0.3) is 0 Å². The summed E-state index contributed by atoms with van der Waals surface area (Å²) in [7, 11) is 8.00. The number of rotatable bonds is 8. The van der Waals surface area contributed by atoms with E-state index in [9.17, 15) is 0 Å². The summed E-state index contributed by atoms with van der Waals surface area (Å²) in [6, 6.07) is 23.4. The Morgan fingerprint density at radius 1 is 0.533 bits per heavy atom. The summed E-state index contributed by atoms with van der Waals surface area (Å²) in [5.74, 6) is 0.618. The van der Waals surface area contributed by atoms with Crippen molar-refractivity contribution < 1.29 is 14.2 Å². The Morgan fingerprint density at radius 3 is 1.13 bits per heavy atom. The van der Waals surface area contributed by atoms with Crippen molar-refractivity contribution in [3.05, 3.63) is 78.4 Å². The maximum atomic E-state index is 6.18. The Morgan fingerprint density at radius 2 is 0.833 bits per heavy atom. The zero-order chi connectivity index (χ0) is 21.7. The van der Waals surface area contributed by atoms with Gasteiger partial charge in [-0.1, -0.05) is 17.7 Å². The molecule has 0 spiro atoms. The van der Waals surface area contributed by atoms with Crippen molar-refractivity contribution in [3.63, 3.8) is 0 Å². The molecule has 158 valence electrons. The Labute approximate surface area is 179 Å². The van der Waals surface area contributed by atoms with Crippen molar-refractivity contribution in [3.8, 4) is 17.2 Å². The third-order valence-corrected chi connectivity index (χ3v) is 4.64. The van der Waals surface area contributed by atoms with Crippen LogP contribution in [0.4, 0.5) is 11.4 Å². The maximum absolute atomic E-state index is 6.18. The topological polar surface area (TPSA) is 34.2 Å². The summed E-state index contributed by atoms with van der Waals surface area (Å²) in [6.45, 7) is 3.81. The van der Waals surface area contributed by atoms with Crippen molar-refractivity contribution in [2.75, 3.05) is 38.0 Å². The quantitative estimate of drug-likeness (QED) is 0.472. The first-order chi connectivity index (χ1) is 14.2. The molecule has 0 heterocycles. The van der Waals surface area contributed by atoms with Gasteiger partial charge in [0.15, 0.2) is 0 Å². The summed E-state index contributed by atoms with van der Waals surface area (Å²) in [4.78, 5) is 4.07. The van der Waals surface area contributed by atoms with Gasteiger partial charge in [0.2, 0.25) is 0 Å². The van der Waals surface area contributed by atoms with Gasteiger partial charge in [0.1, 0.15) is 17.2 Å². The lowest BCUT2D eigenvalue weighted by Crippen LogP contribution is -2.45. The standard InChI is InChI=1S/C25H30N2O3/c1-19-7-13-22(14-8-19)28-25(2,29-23-15-9-20(10-16-23)26(3)4)30-24-17-11-21(12-18-24)27(5)6/h7-18H,1-6H3. The highest BCUT2D eigenvalue weighted by atomic mass is 16.9. The van der Waals surface area contributed by atoms with Crippen LogP contribution in [0.1, 0.15) is 12.5 Å². The molecule has 3 aromatic rings. The van der Waals surface area contributed by atoms with E-state index in [0.29, 0.717) is 17.2 Å². The molecule has 3 aromatic carbocycles. The average molecular weight is 407 g/mol. The number of hydrogen-bond acceptors (Lipinski definition) is 5. The molecule has 0 aliphatic rings. The van der Waals surface area contributed by atoms with E-state index in [0.717, 1.165) is 16.9 Å². The third-order valence-electron chi connectivity index (χ3n) is 4.64. The number of anilines is 2. The van der Waals surface area contributed by atoms with Gasteiger partial charge in [-0.05, 0) is 67.6 Å². The molecule has 5 heteroatoms.